The lowest BCUT2D eigenvalue weighted by molar-refractivity contribution is 0.0921. The summed E-state index contributed by atoms with van der Waals surface area (Å²) in [5.41, 5.74) is 2.36. The zero-order valence-electron chi connectivity index (χ0n) is 16.1. The van der Waals surface area contributed by atoms with Crippen LogP contribution in [0.5, 0.6) is 5.75 Å². The lowest BCUT2D eigenvalue weighted by Crippen LogP contribution is -2.38. The van der Waals surface area contributed by atoms with Crippen LogP contribution in [0.2, 0.25) is 5.02 Å². The number of amides is 1. The molecule has 1 aliphatic rings. The summed E-state index contributed by atoms with van der Waals surface area (Å²) < 4.78 is 7.20. The van der Waals surface area contributed by atoms with Crippen molar-refractivity contribution in [3.63, 3.8) is 0 Å². The van der Waals surface area contributed by atoms with E-state index < -0.39 is 0 Å². The molecule has 0 spiro atoms. The summed E-state index contributed by atoms with van der Waals surface area (Å²) in [6.45, 7) is 0. The Morgan fingerprint density at radius 2 is 2.07 bits per heavy atom. The third-order valence-electron chi connectivity index (χ3n) is 5.25. The first kappa shape index (κ1) is 19.4. The second kappa shape index (κ2) is 8.61. The number of nitrogens with one attached hydrogen (secondary N) is 1. The maximum Gasteiger partial charge on any atom is 0.251 e. The van der Waals surface area contributed by atoms with Crippen molar-refractivity contribution < 1.29 is 9.53 Å². The van der Waals surface area contributed by atoms with Gasteiger partial charge >= 0.3 is 0 Å². The van der Waals surface area contributed by atoms with Gasteiger partial charge in [-0.25, -0.2) is 9.97 Å². The lowest BCUT2D eigenvalue weighted by atomic mass is 9.91. The average molecular weight is 412 g/mol. The van der Waals surface area contributed by atoms with Gasteiger partial charge in [0.05, 0.1) is 25.0 Å². The van der Waals surface area contributed by atoms with Gasteiger partial charge in [0.15, 0.2) is 0 Å². The largest absolute Gasteiger partial charge is 0.497 e. The number of nitrogens with zero attached hydrogens (tertiary/aromatic N) is 4. The zero-order valence-corrected chi connectivity index (χ0v) is 16.8. The maximum absolute atomic E-state index is 12.6. The molecule has 0 radical (unpaired) electrons. The second-order valence-corrected chi connectivity index (χ2v) is 7.60. The second-order valence-electron chi connectivity index (χ2n) is 7.16. The molecule has 150 valence electrons. The van der Waals surface area contributed by atoms with Gasteiger partial charge in [-0.2, -0.15) is 5.10 Å². The molecule has 2 heterocycles. The highest BCUT2D eigenvalue weighted by Crippen LogP contribution is 2.30. The summed E-state index contributed by atoms with van der Waals surface area (Å²) in [6.07, 6.45) is 10.8. The SMILES string of the molecule is COc1cc(Cl)cc(C(=O)NC2CCC(n3cc(-c4ccncn4)cn3)CC2)c1. The van der Waals surface area contributed by atoms with Gasteiger partial charge in [0.2, 0.25) is 0 Å². The highest BCUT2D eigenvalue weighted by molar-refractivity contribution is 6.31. The zero-order chi connectivity index (χ0) is 20.2. The van der Waals surface area contributed by atoms with E-state index in [1.807, 2.05) is 23.1 Å². The van der Waals surface area contributed by atoms with Gasteiger partial charge in [0.25, 0.3) is 5.91 Å². The smallest absolute Gasteiger partial charge is 0.251 e. The van der Waals surface area contributed by atoms with Crippen LogP contribution in [0.4, 0.5) is 0 Å². The van der Waals surface area contributed by atoms with Gasteiger partial charge in [-0.3, -0.25) is 9.48 Å². The monoisotopic (exact) mass is 411 g/mol. The molecule has 2 aromatic heterocycles. The van der Waals surface area contributed by atoms with Crippen molar-refractivity contribution in [2.24, 2.45) is 0 Å². The Morgan fingerprint density at radius 1 is 1.24 bits per heavy atom. The molecule has 1 aromatic carbocycles. The van der Waals surface area contributed by atoms with Gasteiger partial charge in [0, 0.05) is 34.6 Å². The summed E-state index contributed by atoms with van der Waals surface area (Å²) in [5, 5.41) is 8.12. The molecule has 0 saturated heterocycles. The predicted molar refractivity (Wildman–Crippen MR) is 110 cm³/mol. The Balaban J connectivity index is 1.35. The number of aromatic nitrogens is 4. The Morgan fingerprint density at radius 3 is 2.79 bits per heavy atom. The Hall–Kier alpha value is -2.93. The summed E-state index contributed by atoms with van der Waals surface area (Å²) in [4.78, 5) is 20.8. The molecule has 0 atom stereocenters. The molecule has 1 amide bonds. The Labute approximate surface area is 174 Å². The number of benzene rings is 1. The maximum atomic E-state index is 12.6. The summed E-state index contributed by atoms with van der Waals surface area (Å²) in [6, 6.07) is 7.38. The highest BCUT2D eigenvalue weighted by Gasteiger charge is 2.25. The number of hydrogen-bond donors (Lipinski definition) is 1. The number of carbonyl (C=O) groups is 1. The first-order valence-corrected chi connectivity index (χ1v) is 9.96. The van der Waals surface area contributed by atoms with Crippen LogP contribution < -0.4 is 10.1 Å². The number of carbonyl (C=O) groups excluding carboxylic acids is 1. The molecular weight excluding hydrogens is 390 g/mol. The Bertz CT molecular complexity index is 984. The van der Waals surface area contributed by atoms with Crippen LogP contribution in [0.25, 0.3) is 11.3 Å². The fraction of sp³-hybridized carbons (Fsp3) is 0.333. The van der Waals surface area contributed by atoms with Crippen molar-refractivity contribution in [1.82, 2.24) is 25.1 Å². The molecule has 0 bridgehead atoms. The number of methoxy groups -OCH3 is 1. The number of ether oxygens (including phenoxy) is 1. The molecule has 1 fully saturated rings. The van der Waals surface area contributed by atoms with E-state index in [4.69, 9.17) is 16.3 Å². The lowest BCUT2D eigenvalue weighted by Gasteiger charge is -2.29. The molecule has 8 heteroatoms. The van der Waals surface area contributed by atoms with Crippen molar-refractivity contribution in [1.29, 1.82) is 0 Å². The van der Waals surface area contributed by atoms with E-state index >= 15 is 0 Å². The van der Waals surface area contributed by atoms with E-state index in [-0.39, 0.29) is 11.9 Å². The van der Waals surface area contributed by atoms with E-state index in [1.54, 1.807) is 31.5 Å². The quantitative estimate of drug-likeness (QED) is 0.688. The minimum Gasteiger partial charge on any atom is -0.497 e. The number of rotatable bonds is 5. The molecule has 4 rings (SSSR count). The van der Waals surface area contributed by atoms with Crippen LogP contribution in [-0.2, 0) is 0 Å². The van der Waals surface area contributed by atoms with Gasteiger partial charge in [-0.1, -0.05) is 11.6 Å². The topological polar surface area (TPSA) is 81.9 Å². The van der Waals surface area contributed by atoms with Crippen LogP contribution in [0, 0.1) is 0 Å². The van der Waals surface area contributed by atoms with Crippen molar-refractivity contribution in [3.05, 3.63) is 59.8 Å². The van der Waals surface area contributed by atoms with Gasteiger partial charge in [0.1, 0.15) is 12.1 Å². The molecule has 1 N–H and O–H groups in total. The average Bonchev–Trinajstić information content (AvgIpc) is 3.25. The Kier molecular flexibility index (Phi) is 5.76. The van der Waals surface area contributed by atoms with E-state index in [2.05, 4.69) is 20.4 Å². The fourth-order valence-corrected chi connectivity index (χ4v) is 3.92. The molecule has 1 saturated carbocycles. The van der Waals surface area contributed by atoms with Crippen molar-refractivity contribution in [2.45, 2.75) is 37.8 Å². The van der Waals surface area contributed by atoms with E-state index in [9.17, 15) is 4.79 Å². The minimum absolute atomic E-state index is 0.126. The van der Waals surface area contributed by atoms with Gasteiger partial charge in [-0.05, 0) is 49.9 Å². The third kappa shape index (κ3) is 4.56. The molecular formula is C21H22ClN5O2. The van der Waals surface area contributed by atoms with Crippen molar-refractivity contribution >= 4 is 17.5 Å². The number of hydrogen-bond acceptors (Lipinski definition) is 5. The van der Waals surface area contributed by atoms with Crippen LogP contribution in [0.3, 0.4) is 0 Å². The molecule has 7 nitrogen and oxygen atoms in total. The predicted octanol–water partition coefficient (Wildman–Crippen LogP) is 3.92. The van der Waals surface area contributed by atoms with Crippen molar-refractivity contribution in [2.75, 3.05) is 7.11 Å². The summed E-state index contributed by atoms with van der Waals surface area (Å²) in [5.74, 6) is 0.448. The number of halogens is 1. The minimum atomic E-state index is -0.126. The third-order valence-corrected chi connectivity index (χ3v) is 5.47. The molecule has 0 aliphatic heterocycles. The van der Waals surface area contributed by atoms with Crippen LogP contribution in [-0.4, -0.2) is 38.8 Å². The first-order chi connectivity index (χ1) is 14.1. The summed E-state index contributed by atoms with van der Waals surface area (Å²) in [7, 11) is 1.56. The molecule has 29 heavy (non-hydrogen) atoms. The van der Waals surface area contributed by atoms with Crippen LogP contribution in [0.1, 0.15) is 42.1 Å². The van der Waals surface area contributed by atoms with Gasteiger partial charge < -0.3 is 10.1 Å². The molecule has 1 aliphatic carbocycles. The van der Waals surface area contributed by atoms with E-state index in [0.717, 1.165) is 36.9 Å². The summed E-state index contributed by atoms with van der Waals surface area (Å²) >= 11 is 6.07. The van der Waals surface area contributed by atoms with Gasteiger partial charge in [-0.15, -0.1) is 0 Å². The van der Waals surface area contributed by atoms with Crippen LogP contribution in [0.15, 0.2) is 49.2 Å². The van der Waals surface area contributed by atoms with E-state index in [0.29, 0.717) is 22.4 Å². The molecule has 3 aromatic rings. The van der Waals surface area contributed by atoms with E-state index in [1.165, 1.54) is 6.33 Å². The normalized spacial score (nSPS) is 19.0. The van der Waals surface area contributed by atoms with Crippen molar-refractivity contribution in [3.8, 4) is 17.0 Å². The first-order valence-electron chi connectivity index (χ1n) is 9.58. The fourth-order valence-electron chi connectivity index (χ4n) is 3.70. The standard InChI is InChI=1S/C21H22ClN5O2/c1-29-19-9-14(8-16(22)10-19)21(28)26-17-2-4-18(5-3-17)27-12-15(11-25-27)20-6-7-23-13-24-20/h6-13,17-18H,2-5H2,1H3,(H,26,28). The van der Waals surface area contributed by atoms with Crippen LogP contribution >= 0.6 is 11.6 Å². The highest BCUT2D eigenvalue weighted by atomic mass is 35.5. The molecule has 0 unspecified atom stereocenters.